The minimum Gasteiger partial charge on any atom is -0.350 e. The standard InChI is InChI=1S/C17H18F2N2OS.ClH/c18-13-4-3-5-14(19)16(13)17(22)20-10-15(12-6-9-23-11-12)21-7-1-2-8-21;/h3-6,9,11,15H,1-2,7-8,10H2,(H,20,22);1H. The molecule has 0 saturated carbocycles. The van der Waals surface area contributed by atoms with Crippen LogP contribution in [-0.4, -0.2) is 30.4 Å². The van der Waals surface area contributed by atoms with Crippen molar-refractivity contribution >= 4 is 29.7 Å². The summed E-state index contributed by atoms with van der Waals surface area (Å²) in [7, 11) is 0. The van der Waals surface area contributed by atoms with Crippen LogP contribution in [0.15, 0.2) is 35.0 Å². The third-order valence-electron chi connectivity index (χ3n) is 4.16. The SMILES string of the molecule is Cl.O=C(NCC(c1ccsc1)N1CCCC1)c1c(F)cccc1F. The minimum atomic E-state index is -0.837. The molecule has 0 aliphatic carbocycles. The maximum Gasteiger partial charge on any atom is 0.257 e. The average Bonchev–Trinajstić information content (AvgIpc) is 3.21. The highest BCUT2D eigenvalue weighted by atomic mass is 35.5. The lowest BCUT2D eigenvalue weighted by molar-refractivity contribution is 0.0929. The van der Waals surface area contributed by atoms with Gasteiger partial charge in [0.15, 0.2) is 0 Å². The molecule has 7 heteroatoms. The number of rotatable bonds is 5. The van der Waals surface area contributed by atoms with E-state index in [2.05, 4.69) is 15.6 Å². The minimum absolute atomic E-state index is 0. The van der Waals surface area contributed by atoms with Gasteiger partial charge in [0.25, 0.3) is 5.91 Å². The van der Waals surface area contributed by atoms with E-state index in [9.17, 15) is 13.6 Å². The topological polar surface area (TPSA) is 32.3 Å². The Balaban J connectivity index is 0.00000208. The van der Waals surface area contributed by atoms with E-state index < -0.39 is 23.1 Å². The molecule has 1 N–H and O–H groups in total. The Morgan fingerprint density at radius 2 is 1.88 bits per heavy atom. The van der Waals surface area contributed by atoms with Gasteiger partial charge < -0.3 is 5.32 Å². The van der Waals surface area contributed by atoms with E-state index >= 15 is 0 Å². The fourth-order valence-corrected chi connectivity index (χ4v) is 3.68. The van der Waals surface area contributed by atoms with Crippen LogP contribution in [0.4, 0.5) is 8.78 Å². The van der Waals surface area contributed by atoms with E-state index in [4.69, 9.17) is 0 Å². The highest BCUT2D eigenvalue weighted by Crippen LogP contribution is 2.26. The van der Waals surface area contributed by atoms with Crippen molar-refractivity contribution in [3.8, 4) is 0 Å². The number of likely N-dealkylation sites (tertiary alicyclic amines) is 1. The van der Waals surface area contributed by atoms with Crippen molar-refractivity contribution in [1.29, 1.82) is 0 Å². The van der Waals surface area contributed by atoms with Crippen LogP contribution in [0.2, 0.25) is 0 Å². The molecule has 1 saturated heterocycles. The Morgan fingerprint density at radius 1 is 1.21 bits per heavy atom. The van der Waals surface area contributed by atoms with Crippen LogP contribution in [0.3, 0.4) is 0 Å². The van der Waals surface area contributed by atoms with Gasteiger partial charge in [-0.05, 0) is 60.5 Å². The molecule has 2 aromatic rings. The summed E-state index contributed by atoms with van der Waals surface area (Å²) in [6, 6.07) is 5.51. The zero-order valence-corrected chi connectivity index (χ0v) is 14.6. The Morgan fingerprint density at radius 3 is 2.46 bits per heavy atom. The molecule has 130 valence electrons. The molecule has 2 heterocycles. The van der Waals surface area contributed by atoms with E-state index in [1.165, 1.54) is 6.07 Å². The number of carbonyl (C=O) groups excluding carboxylic acids is 1. The van der Waals surface area contributed by atoms with Gasteiger partial charge in [-0.2, -0.15) is 11.3 Å². The predicted molar refractivity (Wildman–Crippen MR) is 93.8 cm³/mol. The molecule has 3 rings (SSSR count). The quantitative estimate of drug-likeness (QED) is 0.859. The number of thiophene rings is 1. The lowest BCUT2D eigenvalue weighted by Crippen LogP contribution is -2.37. The number of halogens is 3. The van der Waals surface area contributed by atoms with Gasteiger partial charge in [-0.25, -0.2) is 8.78 Å². The first kappa shape index (κ1) is 18.8. The van der Waals surface area contributed by atoms with Crippen LogP contribution in [0, 0.1) is 11.6 Å². The van der Waals surface area contributed by atoms with Crippen LogP contribution < -0.4 is 5.32 Å². The van der Waals surface area contributed by atoms with Crippen LogP contribution in [-0.2, 0) is 0 Å². The third-order valence-corrected chi connectivity index (χ3v) is 4.86. The Kier molecular flexibility index (Phi) is 6.71. The molecule has 3 nitrogen and oxygen atoms in total. The second-order valence-corrected chi connectivity index (χ2v) is 6.40. The monoisotopic (exact) mass is 372 g/mol. The zero-order chi connectivity index (χ0) is 16.2. The van der Waals surface area contributed by atoms with E-state index in [1.54, 1.807) is 11.3 Å². The van der Waals surface area contributed by atoms with Crippen LogP contribution >= 0.6 is 23.7 Å². The van der Waals surface area contributed by atoms with Crippen LogP contribution in [0.5, 0.6) is 0 Å². The smallest absolute Gasteiger partial charge is 0.257 e. The fraction of sp³-hybridized carbons (Fsp3) is 0.353. The molecule has 0 bridgehead atoms. The first-order valence-electron chi connectivity index (χ1n) is 7.65. The number of nitrogens with one attached hydrogen (secondary N) is 1. The van der Waals surface area contributed by atoms with E-state index in [1.807, 2.05) is 11.4 Å². The van der Waals surface area contributed by atoms with Crippen LogP contribution in [0.1, 0.15) is 34.8 Å². The largest absolute Gasteiger partial charge is 0.350 e. The van der Waals surface area contributed by atoms with Crippen molar-refractivity contribution in [1.82, 2.24) is 10.2 Å². The summed E-state index contributed by atoms with van der Waals surface area (Å²) in [5.41, 5.74) is 0.615. The molecular formula is C17H19ClF2N2OS. The van der Waals surface area contributed by atoms with Crippen molar-refractivity contribution in [2.24, 2.45) is 0 Å². The maximum atomic E-state index is 13.7. The molecule has 24 heavy (non-hydrogen) atoms. The molecule has 1 amide bonds. The third kappa shape index (κ3) is 4.12. The summed E-state index contributed by atoms with van der Waals surface area (Å²) in [5.74, 6) is -2.38. The normalized spacial score (nSPS) is 15.8. The first-order valence-corrected chi connectivity index (χ1v) is 8.59. The average molecular weight is 373 g/mol. The van der Waals surface area contributed by atoms with E-state index in [-0.39, 0.29) is 18.4 Å². The summed E-state index contributed by atoms with van der Waals surface area (Å²) in [6.07, 6.45) is 2.27. The fourth-order valence-electron chi connectivity index (χ4n) is 2.97. The van der Waals surface area contributed by atoms with Gasteiger partial charge in [0.05, 0.1) is 6.04 Å². The van der Waals surface area contributed by atoms with E-state index in [0.29, 0.717) is 6.54 Å². The highest BCUT2D eigenvalue weighted by molar-refractivity contribution is 7.07. The second kappa shape index (κ2) is 8.55. The number of nitrogens with zero attached hydrogens (tertiary/aromatic N) is 1. The van der Waals surface area contributed by atoms with Crippen molar-refractivity contribution in [2.45, 2.75) is 18.9 Å². The van der Waals surface area contributed by atoms with Crippen molar-refractivity contribution in [3.63, 3.8) is 0 Å². The van der Waals surface area contributed by atoms with Gasteiger partial charge in [-0.1, -0.05) is 6.07 Å². The molecule has 0 spiro atoms. The molecular weight excluding hydrogens is 354 g/mol. The molecule has 1 fully saturated rings. The number of hydrogen-bond acceptors (Lipinski definition) is 3. The number of hydrogen-bond donors (Lipinski definition) is 1. The Bertz CT molecular complexity index is 655. The van der Waals surface area contributed by atoms with Gasteiger partial charge in [0.1, 0.15) is 17.2 Å². The lowest BCUT2D eigenvalue weighted by atomic mass is 10.1. The summed E-state index contributed by atoms with van der Waals surface area (Å²) in [4.78, 5) is 14.5. The second-order valence-electron chi connectivity index (χ2n) is 5.62. The molecule has 1 aliphatic rings. The molecule has 1 aromatic carbocycles. The Hall–Kier alpha value is -1.50. The number of carbonyl (C=O) groups is 1. The summed E-state index contributed by atoms with van der Waals surface area (Å²) < 4.78 is 27.4. The molecule has 0 radical (unpaired) electrons. The maximum absolute atomic E-state index is 13.7. The van der Waals surface area contributed by atoms with Gasteiger partial charge in [-0.15, -0.1) is 12.4 Å². The predicted octanol–water partition coefficient (Wildman–Crippen LogP) is 4.02. The van der Waals surface area contributed by atoms with Gasteiger partial charge in [0, 0.05) is 6.54 Å². The van der Waals surface area contributed by atoms with Crippen molar-refractivity contribution in [3.05, 3.63) is 57.8 Å². The first-order chi connectivity index (χ1) is 11.2. The van der Waals surface area contributed by atoms with E-state index in [0.717, 1.165) is 43.6 Å². The molecule has 1 unspecified atom stereocenters. The summed E-state index contributed by atoms with van der Waals surface area (Å²) in [5, 5.41) is 6.74. The number of benzene rings is 1. The summed E-state index contributed by atoms with van der Waals surface area (Å²) >= 11 is 1.60. The zero-order valence-electron chi connectivity index (χ0n) is 13.0. The summed E-state index contributed by atoms with van der Waals surface area (Å²) in [6.45, 7) is 2.29. The van der Waals surface area contributed by atoms with Gasteiger partial charge in [-0.3, -0.25) is 9.69 Å². The van der Waals surface area contributed by atoms with Crippen LogP contribution in [0.25, 0.3) is 0 Å². The Labute approximate surface area is 150 Å². The molecule has 1 atom stereocenters. The lowest BCUT2D eigenvalue weighted by Gasteiger charge is -2.27. The van der Waals surface area contributed by atoms with Crippen molar-refractivity contribution < 1.29 is 13.6 Å². The van der Waals surface area contributed by atoms with Crippen molar-refractivity contribution in [2.75, 3.05) is 19.6 Å². The molecule has 1 aliphatic heterocycles. The van der Waals surface area contributed by atoms with Gasteiger partial charge >= 0.3 is 0 Å². The van der Waals surface area contributed by atoms with Gasteiger partial charge in [0.2, 0.25) is 0 Å². The molecule has 1 aromatic heterocycles. The highest BCUT2D eigenvalue weighted by Gasteiger charge is 2.25. The number of amides is 1.